The maximum atomic E-state index is 11.9. The molecule has 2 aromatic carbocycles. The molecule has 0 aliphatic carbocycles. The number of furan rings is 1. The van der Waals surface area contributed by atoms with Gasteiger partial charge in [0.15, 0.2) is 0 Å². The summed E-state index contributed by atoms with van der Waals surface area (Å²) in [7, 11) is 0. The summed E-state index contributed by atoms with van der Waals surface area (Å²) in [6, 6.07) is 17.1. The van der Waals surface area contributed by atoms with Gasteiger partial charge in [0.2, 0.25) is 5.91 Å². The maximum Gasteiger partial charge on any atom is 0.244 e. The first-order valence-corrected chi connectivity index (χ1v) is 8.78. The van der Waals surface area contributed by atoms with E-state index in [0.717, 1.165) is 10.0 Å². The number of hydrogen-bond donors (Lipinski definition) is 1. The van der Waals surface area contributed by atoms with E-state index in [-0.39, 0.29) is 17.9 Å². The molecule has 0 atom stereocenters. The number of rotatable bonds is 6. The van der Waals surface area contributed by atoms with Crippen molar-refractivity contribution in [3.05, 3.63) is 82.0 Å². The Morgan fingerprint density at radius 3 is 2.63 bits per heavy atom. The van der Waals surface area contributed by atoms with E-state index in [2.05, 4.69) is 26.5 Å². The minimum Gasteiger partial charge on any atom is -0.545 e. The van der Waals surface area contributed by atoms with Crippen LogP contribution < -0.4 is 10.5 Å². The van der Waals surface area contributed by atoms with Crippen LogP contribution in [0.1, 0.15) is 21.7 Å². The van der Waals surface area contributed by atoms with Gasteiger partial charge in [-0.15, -0.1) is 0 Å². The quantitative estimate of drug-likeness (QED) is 0.485. The number of amides is 1. The Hall–Kier alpha value is -3.19. The predicted molar refractivity (Wildman–Crippen MR) is 102 cm³/mol. The van der Waals surface area contributed by atoms with Gasteiger partial charge in [-0.25, -0.2) is 5.43 Å². The van der Waals surface area contributed by atoms with E-state index in [1.165, 1.54) is 18.3 Å². The largest absolute Gasteiger partial charge is 0.545 e. The molecule has 3 rings (SSSR count). The molecule has 7 heteroatoms. The van der Waals surface area contributed by atoms with Crippen LogP contribution in [0.15, 0.2) is 74.7 Å². The molecule has 136 valence electrons. The first-order valence-electron chi connectivity index (χ1n) is 7.99. The molecule has 1 N–H and O–H groups in total. The topological polar surface area (TPSA) is 94.7 Å². The van der Waals surface area contributed by atoms with Gasteiger partial charge in [-0.3, -0.25) is 4.79 Å². The van der Waals surface area contributed by atoms with Crippen LogP contribution in [0.5, 0.6) is 0 Å². The lowest BCUT2D eigenvalue weighted by Crippen LogP contribution is -2.22. The first kappa shape index (κ1) is 18.6. The highest BCUT2D eigenvalue weighted by molar-refractivity contribution is 9.10. The van der Waals surface area contributed by atoms with E-state index in [4.69, 9.17) is 4.42 Å². The van der Waals surface area contributed by atoms with E-state index >= 15 is 0 Å². The number of carboxylic acids is 1. The fourth-order valence-corrected chi connectivity index (χ4v) is 2.64. The maximum absolute atomic E-state index is 11.9. The highest BCUT2D eigenvalue weighted by atomic mass is 79.9. The summed E-state index contributed by atoms with van der Waals surface area (Å²) in [4.78, 5) is 22.8. The highest BCUT2D eigenvalue weighted by Crippen LogP contribution is 2.22. The number of benzene rings is 2. The number of halogens is 1. The van der Waals surface area contributed by atoms with Crippen LogP contribution in [0.25, 0.3) is 11.3 Å². The Morgan fingerprint density at radius 1 is 1.11 bits per heavy atom. The molecule has 0 radical (unpaired) electrons. The zero-order chi connectivity index (χ0) is 19.2. The van der Waals surface area contributed by atoms with Gasteiger partial charge in [-0.2, -0.15) is 5.10 Å². The molecule has 0 saturated heterocycles. The zero-order valence-electron chi connectivity index (χ0n) is 14.0. The third-order valence-electron chi connectivity index (χ3n) is 3.67. The summed E-state index contributed by atoms with van der Waals surface area (Å²) in [6.45, 7) is 0. The second-order valence-corrected chi connectivity index (χ2v) is 6.58. The number of carboxylic acid groups (broad SMARTS) is 1. The van der Waals surface area contributed by atoms with Crippen molar-refractivity contribution in [3.8, 4) is 11.3 Å². The minimum absolute atomic E-state index is 0.0688. The van der Waals surface area contributed by atoms with Crippen LogP contribution in [0.4, 0.5) is 0 Å². The molecule has 1 heterocycles. The number of hydrazone groups is 1. The number of aromatic carboxylic acids is 1. The lowest BCUT2D eigenvalue weighted by atomic mass is 10.1. The molecule has 0 spiro atoms. The van der Waals surface area contributed by atoms with Crippen molar-refractivity contribution in [2.45, 2.75) is 6.42 Å². The van der Waals surface area contributed by atoms with E-state index in [1.54, 1.807) is 24.3 Å². The van der Waals surface area contributed by atoms with Crippen LogP contribution in [-0.2, 0) is 11.2 Å². The summed E-state index contributed by atoms with van der Waals surface area (Å²) in [5.74, 6) is -0.589. The zero-order valence-corrected chi connectivity index (χ0v) is 15.6. The minimum atomic E-state index is -1.25. The summed E-state index contributed by atoms with van der Waals surface area (Å²) in [5, 5.41) is 14.8. The van der Waals surface area contributed by atoms with Gasteiger partial charge >= 0.3 is 0 Å². The average Bonchev–Trinajstić information content (AvgIpc) is 3.13. The Labute approximate surface area is 163 Å². The van der Waals surface area contributed by atoms with Gasteiger partial charge in [-0.05, 0) is 41.5 Å². The first-order chi connectivity index (χ1) is 13.0. The number of hydrogen-bond acceptors (Lipinski definition) is 5. The summed E-state index contributed by atoms with van der Waals surface area (Å²) < 4.78 is 6.55. The van der Waals surface area contributed by atoms with Crippen molar-refractivity contribution in [2.75, 3.05) is 0 Å². The molecule has 1 amide bonds. The number of carbonyl (C=O) groups is 2. The highest BCUT2D eigenvalue weighted by Gasteiger charge is 2.06. The van der Waals surface area contributed by atoms with Gasteiger partial charge in [0, 0.05) is 10.0 Å². The molecule has 6 nitrogen and oxygen atoms in total. The fraction of sp³-hybridized carbons (Fsp3) is 0.0500. The van der Waals surface area contributed by atoms with Crippen LogP contribution in [-0.4, -0.2) is 18.1 Å². The Kier molecular flexibility index (Phi) is 5.83. The SMILES string of the molecule is O=C(Cc1ccc(Br)cc1)N/N=C\c1ccc(-c2cccc(C(=O)[O-])c2)o1. The standard InChI is InChI=1S/C20H15BrN2O4/c21-16-6-4-13(5-7-16)10-19(24)23-22-12-17-8-9-18(27-17)14-2-1-3-15(11-14)20(25)26/h1-9,11-12H,10H2,(H,23,24)(H,25,26)/p-1/b22-12-. The van der Waals surface area contributed by atoms with Gasteiger partial charge in [-0.1, -0.05) is 46.3 Å². The van der Waals surface area contributed by atoms with Crippen molar-refractivity contribution in [1.82, 2.24) is 5.43 Å². The lowest BCUT2D eigenvalue weighted by molar-refractivity contribution is -0.255. The summed E-state index contributed by atoms with van der Waals surface area (Å²) >= 11 is 3.34. The average molecular weight is 426 g/mol. The van der Waals surface area contributed by atoms with Gasteiger partial charge in [0.05, 0.1) is 18.6 Å². The second kappa shape index (κ2) is 8.46. The molecule has 3 aromatic rings. The lowest BCUT2D eigenvalue weighted by Gasteiger charge is -2.03. The number of nitrogens with zero attached hydrogens (tertiary/aromatic N) is 1. The van der Waals surface area contributed by atoms with Crippen molar-refractivity contribution in [2.24, 2.45) is 5.10 Å². The Morgan fingerprint density at radius 2 is 1.89 bits per heavy atom. The van der Waals surface area contributed by atoms with Crippen molar-refractivity contribution >= 4 is 34.0 Å². The van der Waals surface area contributed by atoms with Crippen molar-refractivity contribution in [3.63, 3.8) is 0 Å². The summed E-state index contributed by atoms with van der Waals surface area (Å²) in [5.41, 5.74) is 3.99. The molecule has 0 saturated carbocycles. The van der Waals surface area contributed by atoms with Gasteiger partial charge in [0.1, 0.15) is 11.5 Å². The van der Waals surface area contributed by atoms with Crippen LogP contribution in [0.3, 0.4) is 0 Å². The second-order valence-electron chi connectivity index (χ2n) is 5.67. The molecule has 0 aliphatic heterocycles. The summed E-state index contributed by atoms with van der Waals surface area (Å²) in [6.07, 6.45) is 1.59. The van der Waals surface area contributed by atoms with E-state index in [9.17, 15) is 14.7 Å². The normalized spacial score (nSPS) is 10.9. The van der Waals surface area contributed by atoms with Crippen LogP contribution in [0, 0.1) is 0 Å². The van der Waals surface area contributed by atoms with Crippen LogP contribution in [0.2, 0.25) is 0 Å². The molecule has 0 unspecified atom stereocenters. The van der Waals surface area contributed by atoms with E-state index in [0.29, 0.717) is 17.1 Å². The number of carbonyl (C=O) groups excluding carboxylic acids is 2. The van der Waals surface area contributed by atoms with Crippen molar-refractivity contribution in [1.29, 1.82) is 0 Å². The molecule has 1 aromatic heterocycles. The third-order valence-corrected chi connectivity index (χ3v) is 4.20. The van der Waals surface area contributed by atoms with E-state index < -0.39 is 5.97 Å². The van der Waals surface area contributed by atoms with Gasteiger partial charge in [0.25, 0.3) is 0 Å². The molecule has 0 aliphatic rings. The molecule has 27 heavy (non-hydrogen) atoms. The Bertz CT molecular complexity index is 993. The smallest absolute Gasteiger partial charge is 0.244 e. The van der Waals surface area contributed by atoms with Crippen molar-refractivity contribution < 1.29 is 19.1 Å². The molecule has 0 fully saturated rings. The monoisotopic (exact) mass is 425 g/mol. The molecular weight excluding hydrogens is 412 g/mol. The third kappa shape index (κ3) is 5.15. The van der Waals surface area contributed by atoms with Crippen LogP contribution >= 0.6 is 15.9 Å². The predicted octanol–water partition coefficient (Wildman–Crippen LogP) is 2.77. The van der Waals surface area contributed by atoms with E-state index in [1.807, 2.05) is 24.3 Å². The van der Waals surface area contributed by atoms with Gasteiger partial charge < -0.3 is 14.3 Å². The fourth-order valence-electron chi connectivity index (χ4n) is 2.37. The molecular formula is C20H14BrN2O4-. The number of nitrogens with one attached hydrogen (secondary N) is 1. The Balaban J connectivity index is 1.60. The molecule has 0 bridgehead atoms.